The van der Waals surface area contributed by atoms with Crippen molar-refractivity contribution in [3.8, 4) is 5.75 Å². The lowest BCUT2D eigenvalue weighted by atomic mass is 10.2. The Labute approximate surface area is 119 Å². The number of benzene rings is 1. The van der Waals surface area contributed by atoms with Gasteiger partial charge in [0.2, 0.25) is 0 Å². The van der Waals surface area contributed by atoms with Crippen LogP contribution in [0.15, 0.2) is 42.7 Å². The summed E-state index contributed by atoms with van der Waals surface area (Å²) in [6.45, 7) is 0. The lowest BCUT2D eigenvalue weighted by molar-refractivity contribution is 0.102. The van der Waals surface area contributed by atoms with E-state index < -0.39 is 0 Å². The van der Waals surface area contributed by atoms with E-state index in [9.17, 15) is 4.79 Å². The second kappa shape index (κ2) is 6.33. The molecular weight excluding hydrogens is 308 g/mol. The molecule has 1 aromatic carbocycles. The number of ether oxygens (including phenoxy) is 1. The third kappa shape index (κ3) is 3.32. The van der Waals surface area contributed by atoms with Gasteiger partial charge < -0.3 is 10.1 Å². The maximum absolute atomic E-state index is 12.1. The minimum atomic E-state index is -0.217. The van der Waals surface area contributed by atoms with Crippen LogP contribution in [-0.2, 0) is 5.33 Å². The lowest BCUT2D eigenvalue weighted by Gasteiger charge is -2.08. The van der Waals surface area contributed by atoms with Gasteiger partial charge in [0.15, 0.2) is 0 Å². The van der Waals surface area contributed by atoms with Gasteiger partial charge in [0.25, 0.3) is 5.91 Å². The highest BCUT2D eigenvalue weighted by molar-refractivity contribution is 9.08. The first-order valence-corrected chi connectivity index (χ1v) is 6.81. The standard InChI is InChI=1S/C14H13BrN2O2/c1-19-13-9-16-7-6-12(13)14(18)17-11-4-2-10(8-15)3-5-11/h2-7,9H,8H2,1H3,(H,17,18). The summed E-state index contributed by atoms with van der Waals surface area (Å²) in [6, 6.07) is 9.26. The number of hydrogen-bond donors (Lipinski definition) is 1. The number of hydrogen-bond acceptors (Lipinski definition) is 3. The molecular formula is C14H13BrN2O2. The average molecular weight is 321 g/mol. The minimum Gasteiger partial charge on any atom is -0.494 e. The predicted octanol–water partition coefficient (Wildman–Crippen LogP) is 3.24. The van der Waals surface area contributed by atoms with Crippen LogP contribution in [0.2, 0.25) is 0 Å². The fraction of sp³-hybridized carbons (Fsp3) is 0.143. The summed E-state index contributed by atoms with van der Waals surface area (Å²) in [4.78, 5) is 16.0. The number of carbonyl (C=O) groups excluding carboxylic acids is 1. The third-order valence-corrected chi connectivity index (χ3v) is 3.26. The number of nitrogens with zero attached hydrogens (tertiary/aromatic N) is 1. The molecule has 1 amide bonds. The molecule has 0 spiro atoms. The largest absolute Gasteiger partial charge is 0.494 e. The normalized spacial score (nSPS) is 10.0. The van der Waals surface area contributed by atoms with Crippen molar-refractivity contribution < 1.29 is 9.53 Å². The number of nitrogens with one attached hydrogen (secondary N) is 1. The van der Waals surface area contributed by atoms with Crippen LogP contribution in [0, 0.1) is 0 Å². The van der Waals surface area contributed by atoms with E-state index in [0.717, 1.165) is 16.6 Å². The van der Waals surface area contributed by atoms with Crippen LogP contribution >= 0.6 is 15.9 Å². The highest BCUT2D eigenvalue weighted by Crippen LogP contribution is 2.18. The van der Waals surface area contributed by atoms with Gasteiger partial charge in [-0.2, -0.15) is 0 Å². The predicted molar refractivity (Wildman–Crippen MR) is 77.8 cm³/mol. The highest BCUT2D eigenvalue weighted by Gasteiger charge is 2.11. The van der Waals surface area contributed by atoms with Gasteiger partial charge in [-0.15, -0.1) is 0 Å². The van der Waals surface area contributed by atoms with Gasteiger partial charge in [0.05, 0.1) is 18.9 Å². The Morgan fingerprint density at radius 1 is 1.32 bits per heavy atom. The number of pyridine rings is 1. The quantitative estimate of drug-likeness (QED) is 0.880. The van der Waals surface area contributed by atoms with E-state index >= 15 is 0 Å². The number of anilines is 1. The van der Waals surface area contributed by atoms with Crippen molar-refractivity contribution in [1.82, 2.24) is 4.98 Å². The molecule has 2 rings (SSSR count). The Morgan fingerprint density at radius 3 is 2.68 bits per heavy atom. The molecule has 0 fully saturated rings. The molecule has 4 nitrogen and oxygen atoms in total. The Balaban J connectivity index is 2.16. The Hall–Kier alpha value is -1.88. The van der Waals surface area contributed by atoms with Gasteiger partial charge in [-0.25, -0.2) is 0 Å². The molecule has 98 valence electrons. The number of alkyl halides is 1. The smallest absolute Gasteiger partial charge is 0.259 e. The summed E-state index contributed by atoms with van der Waals surface area (Å²) in [5, 5.41) is 3.61. The summed E-state index contributed by atoms with van der Waals surface area (Å²) in [6.07, 6.45) is 3.08. The highest BCUT2D eigenvalue weighted by atomic mass is 79.9. The molecule has 19 heavy (non-hydrogen) atoms. The molecule has 0 saturated carbocycles. The van der Waals surface area contributed by atoms with Crippen LogP contribution in [-0.4, -0.2) is 18.0 Å². The van der Waals surface area contributed by atoms with Crippen molar-refractivity contribution in [3.05, 3.63) is 53.9 Å². The molecule has 2 aromatic rings. The molecule has 1 N–H and O–H groups in total. The number of methoxy groups -OCH3 is 1. The van der Waals surface area contributed by atoms with Gasteiger partial charge in [-0.3, -0.25) is 9.78 Å². The zero-order valence-corrected chi connectivity index (χ0v) is 12.0. The number of carbonyl (C=O) groups is 1. The summed E-state index contributed by atoms with van der Waals surface area (Å²) < 4.78 is 5.11. The van der Waals surface area contributed by atoms with Crippen molar-refractivity contribution in [2.24, 2.45) is 0 Å². The van der Waals surface area contributed by atoms with E-state index in [2.05, 4.69) is 26.2 Å². The molecule has 0 saturated heterocycles. The SMILES string of the molecule is COc1cnccc1C(=O)Nc1ccc(CBr)cc1. The first-order valence-electron chi connectivity index (χ1n) is 5.69. The van der Waals surface area contributed by atoms with Crippen molar-refractivity contribution in [2.75, 3.05) is 12.4 Å². The molecule has 0 aliphatic heterocycles. The van der Waals surface area contributed by atoms with Crippen LogP contribution in [0.5, 0.6) is 5.75 Å². The molecule has 0 unspecified atom stereocenters. The maximum atomic E-state index is 12.1. The lowest BCUT2D eigenvalue weighted by Crippen LogP contribution is -2.13. The van der Waals surface area contributed by atoms with Crippen molar-refractivity contribution in [3.63, 3.8) is 0 Å². The Bertz CT molecular complexity index is 570. The van der Waals surface area contributed by atoms with E-state index in [4.69, 9.17) is 4.74 Å². The van der Waals surface area contributed by atoms with Crippen molar-refractivity contribution >= 4 is 27.5 Å². The maximum Gasteiger partial charge on any atom is 0.259 e. The van der Waals surface area contributed by atoms with E-state index in [-0.39, 0.29) is 5.91 Å². The third-order valence-electron chi connectivity index (χ3n) is 2.62. The number of halogens is 1. The van der Waals surface area contributed by atoms with E-state index in [1.807, 2.05) is 24.3 Å². The second-order valence-corrected chi connectivity index (χ2v) is 4.42. The molecule has 0 atom stereocenters. The Kier molecular flexibility index (Phi) is 4.52. The summed E-state index contributed by atoms with van der Waals surface area (Å²) in [5.74, 6) is 0.239. The van der Waals surface area contributed by atoms with Gasteiger partial charge in [0, 0.05) is 17.2 Å². The van der Waals surface area contributed by atoms with E-state index in [0.29, 0.717) is 11.3 Å². The van der Waals surface area contributed by atoms with Gasteiger partial charge in [0.1, 0.15) is 5.75 Å². The van der Waals surface area contributed by atoms with Crippen LogP contribution in [0.3, 0.4) is 0 Å². The number of aromatic nitrogens is 1. The van der Waals surface area contributed by atoms with E-state index in [1.165, 1.54) is 13.3 Å². The summed E-state index contributed by atoms with van der Waals surface area (Å²) in [7, 11) is 1.51. The zero-order chi connectivity index (χ0) is 13.7. The molecule has 5 heteroatoms. The first-order chi connectivity index (χ1) is 9.24. The van der Waals surface area contributed by atoms with Crippen LogP contribution in [0.25, 0.3) is 0 Å². The molecule has 0 aliphatic rings. The van der Waals surface area contributed by atoms with E-state index in [1.54, 1.807) is 12.3 Å². The number of amides is 1. The molecule has 1 aromatic heterocycles. The monoisotopic (exact) mass is 320 g/mol. The molecule has 1 heterocycles. The van der Waals surface area contributed by atoms with Gasteiger partial charge >= 0.3 is 0 Å². The van der Waals surface area contributed by atoms with Crippen molar-refractivity contribution in [2.45, 2.75) is 5.33 Å². The fourth-order valence-electron chi connectivity index (χ4n) is 1.61. The zero-order valence-electron chi connectivity index (χ0n) is 10.4. The Morgan fingerprint density at radius 2 is 2.05 bits per heavy atom. The average Bonchev–Trinajstić information content (AvgIpc) is 2.48. The topological polar surface area (TPSA) is 51.2 Å². The fourth-order valence-corrected chi connectivity index (χ4v) is 1.98. The minimum absolute atomic E-state index is 0.217. The van der Waals surface area contributed by atoms with Crippen LogP contribution < -0.4 is 10.1 Å². The van der Waals surface area contributed by atoms with Gasteiger partial charge in [-0.05, 0) is 23.8 Å². The van der Waals surface area contributed by atoms with Gasteiger partial charge in [-0.1, -0.05) is 28.1 Å². The van der Waals surface area contributed by atoms with Crippen molar-refractivity contribution in [1.29, 1.82) is 0 Å². The summed E-state index contributed by atoms with van der Waals surface area (Å²) in [5.41, 5.74) is 2.36. The second-order valence-electron chi connectivity index (χ2n) is 3.86. The first kappa shape index (κ1) is 13.5. The molecule has 0 bridgehead atoms. The number of rotatable bonds is 4. The molecule has 0 aliphatic carbocycles. The summed E-state index contributed by atoms with van der Waals surface area (Å²) >= 11 is 3.38. The van der Waals surface area contributed by atoms with Crippen LogP contribution in [0.1, 0.15) is 15.9 Å². The molecule has 0 radical (unpaired) electrons. The van der Waals surface area contributed by atoms with Crippen LogP contribution in [0.4, 0.5) is 5.69 Å².